The van der Waals surface area contributed by atoms with Crippen LogP contribution in [-0.2, 0) is 10.0 Å². The summed E-state index contributed by atoms with van der Waals surface area (Å²) in [6.07, 6.45) is 6.60. The molecule has 2 aromatic heterocycles. The first-order valence-electron chi connectivity index (χ1n) is 8.20. The van der Waals surface area contributed by atoms with Crippen molar-refractivity contribution in [3.05, 3.63) is 48.0 Å². The average molecular weight is 392 g/mol. The van der Waals surface area contributed by atoms with Gasteiger partial charge in [-0.2, -0.15) is 4.31 Å². The Morgan fingerprint density at radius 1 is 1.12 bits per heavy atom. The van der Waals surface area contributed by atoms with E-state index in [2.05, 4.69) is 9.88 Å². The Labute approximate surface area is 156 Å². The lowest BCUT2D eigenvalue weighted by Gasteiger charge is -2.34. The number of imidazole rings is 1. The van der Waals surface area contributed by atoms with Gasteiger partial charge in [-0.05, 0) is 18.2 Å². The van der Waals surface area contributed by atoms with Crippen molar-refractivity contribution >= 4 is 38.3 Å². The van der Waals surface area contributed by atoms with Crippen molar-refractivity contribution in [2.45, 2.75) is 0 Å². The zero-order valence-corrected chi connectivity index (χ0v) is 15.8. The van der Waals surface area contributed by atoms with Gasteiger partial charge in [-0.1, -0.05) is 11.6 Å². The van der Waals surface area contributed by atoms with Gasteiger partial charge in [-0.25, -0.2) is 18.4 Å². The van der Waals surface area contributed by atoms with Crippen molar-refractivity contribution < 1.29 is 8.42 Å². The van der Waals surface area contributed by atoms with Gasteiger partial charge < -0.3 is 9.47 Å². The molecule has 1 aliphatic heterocycles. The molecule has 1 fully saturated rings. The van der Waals surface area contributed by atoms with Crippen LogP contribution >= 0.6 is 11.6 Å². The second kappa shape index (κ2) is 6.53. The van der Waals surface area contributed by atoms with E-state index in [0.29, 0.717) is 31.2 Å². The molecular weight excluding hydrogens is 374 g/mol. The van der Waals surface area contributed by atoms with E-state index >= 15 is 0 Å². The zero-order valence-electron chi connectivity index (χ0n) is 14.2. The van der Waals surface area contributed by atoms with Crippen LogP contribution in [0.15, 0.2) is 43.0 Å². The van der Waals surface area contributed by atoms with Crippen molar-refractivity contribution in [1.29, 1.82) is 0 Å². The Bertz CT molecular complexity index is 1040. The number of rotatable bonds is 3. The summed E-state index contributed by atoms with van der Waals surface area (Å²) >= 11 is 6.16. The molecule has 1 aromatic carbocycles. The molecule has 9 heteroatoms. The highest BCUT2D eigenvalue weighted by Crippen LogP contribution is 2.28. The summed E-state index contributed by atoms with van der Waals surface area (Å²) in [6, 6.07) is 7.64. The van der Waals surface area contributed by atoms with E-state index in [4.69, 9.17) is 16.6 Å². The molecule has 136 valence electrons. The molecule has 0 aliphatic carbocycles. The van der Waals surface area contributed by atoms with Crippen molar-refractivity contribution in [2.75, 3.05) is 37.3 Å². The van der Waals surface area contributed by atoms with Gasteiger partial charge >= 0.3 is 0 Å². The molecule has 1 aliphatic rings. The number of halogens is 1. The number of hydrogen-bond donors (Lipinski definition) is 0. The van der Waals surface area contributed by atoms with Crippen LogP contribution in [-0.4, -0.2) is 59.7 Å². The zero-order chi connectivity index (χ0) is 18.3. The minimum Gasteiger partial charge on any atom is -0.354 e. The predicted molar refractivity (Wildman–Crippen MR) is 103 cm³/mol. The van der Waals surface area contributed by atoms with E-state index < -0.39 is 10.0 Å². The average Bonchev–Trinajstić information content (AvgIpc) is 3.14. The highest BCUT2D eigenvalue weighted by Gasteiger charge is 2.24. The molecule has 4 rings (SSSR count). The molecule has 3 aromatic rings. The standard InChI is InChI=1S/C17H18ClN5O2S/c1-26(24,25)23-8-6-21(7-9-23)17-11-16(22-5-4-19-12-22)14-3-2-13(18)10-15(14)20-17/h2-5,10-12H,6-9H2,1H3. The molecule has 0 saturated carbocycles. The molecule has 1 saturated heterocycles. The Kier molecular flexibility index (Phi) is 4.34. The van der Waals surface area contributed by atoms with E-state index in [-0.39, 0.29) is 0 Å². The maximum atomic E-state index is 11.7. The summed E-state index contributed by atoms with van der Waals surface area (Å²) in [5, 5.41) is 1.60. The first-order valence-corrected chi connectivity index (χ1v) is 10.4. The second-order valence-corrected chi connectivity index (χ2v) is 8.70. The molecule has 7 nitrogen and oxygen atoms in total. The maximum absolute atomic E-state index is 11.7. The number of fused-ring (bicyclic) bond motifs is 1. The van der Waals surface area contributed by atoms with Gasteiger partial charge in [0.1, 0.15) is 5.82 Å². The third-order valence-electron chi connectivity index (χ3n) is 4.55. The van der Waals surface area contributed by atoms with Gasteiger partial charge in [-0.15, -0.1) is 0 Å². The van der Waals surface area contributed by atoms with E-state index in [0.717, 1.165) is 22.4 Å². The third-order valence-corrected chi connectivity index (χ3v) is 6.09. The summed E-state index contributed by atoms with van der Waals surface area (Å²) in [5.74, 6) is 0.802. The van der Waals surface area contributed by atoms with Crippen LogP contribution in [0.25, 0.3) is 16.6 Å². The van der Waals surface area contributed by atoms with Crippen LogP contribution in [0.4, 0.5) is 5.82 Å². The van der Waals surface area contributed by atoms with Crippen molar-refractivity contribution in [3.8, 4) is 5.69 Å². The second-order valence-electron chi connectivity index (χ2n) is 6.28. The summed E-state index contributed by atoms with van der Waals surface area (Å²) in [5.41, 5.74) is 1.76. The molecule has 3 heterocycles. The predicted octanol–water partition coefficient (Wildman–Crippen LogP) is 2.16. The largest absolute Gasteiger partial charge is 0.354 e. The summed E-state index contributed by atoms with van der Waals surface area (Å²) < 4.78 is 26.9. The highest BCUT2D eigenvalue weighted by molar-refractivity contribution is 7.88. The summed E-state index contributed by atoms with van der Waals surface area (Å²) in [7, 11) is -3.16. The lowest BCUT2D eigenvalue weighted by atomic mass is 10.1. The van der Waals surface area contributed by atoms with Gasteiger partial charge in [-0.3, -0.25) is 0 Å². The van der Waals surface area contributed by atoms with Crippen LogP contribution in [0.3, 0.4) is 0 Å². The molecule has 0 unspecified atom stereocenters. The normalized spacial score (nSPS) is 16.3. The lowest BCUT2D eigenvalue weighted by molar-refractivity contribution is 0.387. The SMILES string of the molecule is CS(=O)(=O)N1CCN(c2cc(-n3ccnc3)c3ccc(Cl)cc3n2)CC1. The van der Waals surface area contributed by atoms with Crippen LogP contribution in [0.5, 0.6) is 0 Å². The molecule has 26 heavy (non-hydrogen) atoms. The number of anilines is 1. The monoisotopic (exact) mass is 391 g/mol. The number of hydrogen-bond acceptors (Lipinski definition) is 5. The van der Waals surface area contributed by atoms with Gasteiger partial charge in [0.15, 0.2) is 0 Å². The van der Waals surface area contributed by atoms with Gasteiger partial charge in [0.05, 0.1) is 23.8 Å². The highest BCUT2D eigenvalue weighted by atomic mass is 35.5. The van der Waals surface area contributed by atoms with E-state index in [1.54, 1.807) is 12.5 Å². The van der Waals surface area contributed by atoms with Crippen molar-refractivity contribution in [1.82, 2.24) is 18.8 Å². The Hall–Kier alpha value is -2.16. The molecule has 0 bridgehead atoms. The Balaban J connectivity index is 1.74. The fourth-order valence-electron chi connectivity index (χ4n) is 3.20. The van der Waals surface area contributed by atoms with E-state index in [1.807, 2.05) is 35.0 Å². The summed E-state index contributed by atoms with van der Waals surface area (Å²) in [6.45, 7) is 2.09. The number of sulfonamides is 1. The maximum Gasteiger partial charge on any atom is 0.211 e. The van der Waals surface area contributed by atoms with Gasteiger partial charge in [0.25, 0.3) is 0 Å². The molecule has 0 spiro atoms. The fourth-order valence-corrected chi connectivity index (χ4v) is 4.19. The number of nitrogens with zero attached hydrogens (tertiary/aromatic N) is 5. The van der Waals surface area contributed by atoms with Gasteiger partial charge in [0, 0.05) is 55.0 Å². The van der Waals surface area contributed by atoms with Crippen LogP contribution in [0, 0.1) is 0 Å². The quantitative estimate of drug-likeness (QED) is 0.684. The first kappa shape index (κ1) is 17.3. The number of aromatic nitrogens is 3. The lowest BCUT2D eigenvalue weighted by Crippen LogP contribution is -2.48. The minimum absolute atomic E-state index is 0.453. The van der Waals surface area contributed by atoms with Crippen molar-refractivity contribution in [2.24, 2.45) is 0 Å². The molecule has 0 atom stereocenters. The van der Waals surface area contributed by atoms with E-state index in [1.165, 1.54) is 10.6 Å². The van der Waals surface area contributed by atoms with Gasteiger partial charge in [0.2, 0.25) is 10.0 Å². The molecule has 0 radical (unpaired) electrons. The third kappa shape index (κ3) is 3.27. The van der Waals surface area contributed by atoms with Crippen LogP contribution in [0.2, 0.25) is 5.02 Å². The topological polar surface area (TPSA) is 71.3 Å². The fraction of sp³-hybridized carbons (Fsp3) is 0.294. The van der Waals surface area contributed by atoms with Crippen molar-refractivity contribution in [3.63, 3.8) is 0 Å². The van der Waals surface area contributed by atoms with Crippen LogP contribution < -0.4 is 4.90 Å². The summed E-state index contributed by atoms with van der Waals surface area (Å²) in [4.78, 5) is 11.0. The smallest absolute Gasteiger partial charge is 0.211 e. The minimum atomic E-state index is -3.16. The van der Waals surface area contributed by atoms with E-state index in [9.17, 15) is 8.42 Å². The molecular formula is C17H18ClN5O2S. The Morgan fingerprint density at radius 3 is 2.54 bits per heavy atom. The van der Waals surface area contributed by atoms with Crippen LogP contribution in [0.1, 0.15) is 0 Å². The Morgan fingerprint density at radius 2 is 1.88 bits per heavy atom. The molecule has 0 N–H and O–H groups in total. The molecule has 0 amide bonds. The number of benzene rings is 1. The number of pyridine rings is 1. The number of piperazine rings is 1. The first-order chi connectivity index (χ1) is 12.4.